The first-order valence-corrected chi connectivity index (χ1v) is 4.20. The lowest BCUT2D eigenvalue weighted by Crippen LogP contribution is -2.38. The first kappa shape index (κ1) is 7.53. The van der Waals surface area contributed by atoms with Gasteiger partial charge >= 0.3 is 5.95 Å². The van der Waals surface area contributed by atoms with Crippen molar-refractivity contribution in [3.8, 4) is 0 Å². The Kier molecular flexibility index (Phi) is 1.71. The van der Waals surface area contributed by atoms with Crippen LogP contribution in [0.4, 0.5) is 10.1 Å². The summed E-state index contributed by atoms with van der Waals surface area (Å²) >= 11 is 0. The van der Waals surface area contributed by atoms with E-state index in [0.717, 1.165) is 6.54 Å². The summed E-state index contributed by atoms with van der Waals surface area (Å²) in [4.78, 5) is 0. The van der Waals surface area contributed by atoms with Crippen molar-refractivity contribution < 1.29 is 8.96 Å². The third-order valence-electron chi connectivity index (χ3n) is 2.16. The number of nitrogens with zero attached hydrogens (tertiary/aromatic N) is 1. The molecule has 0 aromatic carbocycles. The predicted octanol–water partition coefficient (Wildman–Crippen LogP) is 1.11. The van der Waals surface area contributed by atoms with Gasteiger partial charge in [0.2, 0.25) is 0 Å². The number of nitrogen functional groups attached to an aromatic ring is 1. The molecule has 0 unspecified atom stereocenters. The maximum atomic E-state index is 13.1. The third-order valence-corrected chi connectivity index (χ3v) is 2.16. The Morgan fingerprint density at radius 2 is 2.33 bits per heavy atom. The summed E-state index contributed by atoms with van der Waals surface area (Å²) in [6, 6.07) is 3.09. The van der Waals surface area contributed by atoms with E-state index in [9.17, 15) is 4.39 Å². The largest absolute Gasteiger partial charge is 0.398 e. The molecule has 2 nitrogen and oxygen atoms in total. The van der Waals surface area contributed by atoms with Gasteiger partial charge in [-0.15, -0.1) is 4.39 Å². The zero-order valence-corrected chi connectivity index (χ0v) is 6.83. The normalized spacial score (nSPS) is 16.4. The number of nitrogens with two attached hydrogens (primary N) is 1. The fourth-order valence-corrected chi connectivity index (χ4v) is 1.24. The zero-order chi connectivity index (χ0) is 8.55. The van der Waals surface area contributed by atoms with Gasteiger partial charge in [0.1, 0.15) is 0 Å². The van der Waals surface area contributed by atoms with Crippen LogP contribution < -0.4 is 10.3 Å². The molecule has 1 aliphatic rings. The molecule has 0 atom stereocenters. The summed E-state index contributed by atoms with van der Waals surface area (Å²) < 4.78 is 14.7. The average Bonchev–Trinajstić information content (AvgIpc) is 2.79. The standard InChI is InChI=1S/C9H11FN2/c10-9-5-8(11)3-4-12(9)6-7-1-2-7/h3-5,7,11H,1-2,6H2/p+1. The molecule has 64 valence electrons. The number of hydrogen-bond donors (Lipinski definition) is 1. The van der Waals surface area contributed by atoms with Gasteiger partial charge in [0, 0.05) is 17.7 Å². The molecule has 1 aromatic heterocycles. The van der Waals surface area contributed by atoms with Crippen molar-refractivity contribution in [2.75, 3.05) is 5.73 Å². The Morgan fingerprint density at radius 1 is 1.58 bits per heavy atom. The second-order valence-corrected chi connectivity index (χ2v) is 3.38. The first-order chi connectivity index (χ1) is 5.75. The van der Waals surface area contributed by atoms with Crippen LogP contribution in [0.25, 0.3) is 0 Å². The van der Waals surface area contributed by atoms with Crippen molar-refractivity contribution in [1.29, 1.82) is 0 Å². The maximum absolute atomic E-state index is 13.1. The van der Waals surface area contributed by atoms with Crippen molar-refractivity contribution >= 4 is 5.69 Å². The molecule has 12 heavy (non-hydrogen) atoms. The molecule has 0 spiro atoms. The van der Waals surface area contributed by atoms with Gasteiger partial charge < -0.3 is 5.73 Å². The summed E-state index contributed by atoms with van der Waals surface area (Å²) in [6.45, 7) is 0.798. The van der Waals surface area contributed by atoms with Crippen LogP contribution in [0.5, 0.6) is 0 Å². The van der Waals surface area contributed by atoms with E-state index in [-0.39, 0.29) is 5.95 Å². The number of aromatic nitrogens is 1. The quantitative estimate of drug-likeness (QED) is 0.519. The lowest BCUT2D eigenvalue weighted by Gasteiger charge is -1.96. The van der Waals surface area contributed by atoms with E-state index < -0.39 is 0 Å². The van der Waals surface area contributed by atoms with E-state index in [0.29, 0.717) is 11.6 Å². The Bertz CT molecular complexity index is 295. The van der Waals surface area contributed by atoms with Gasteiger partial charge in [-0.3, -0.25) is 0 Å². The van der Waals surface area contributed by atoms with Crippen LogP contribution in [0.2, 0.25) is 0 Å². The number of halogens is 1. The van der Waals surface area contributed by atoms with Crippen molar-refractivity contribution in [3.63, 3.8) is 0 Å². The topological polar surface area (TPSA) is 29.9 Å². The highest BCUT2D eigenvalue weighted by Gasteiger charge is 2.27. The second-order valence-electron chi connectivity index (χ2n) is 3.38. The van der Waals surface area contributed by atoms with E-state index in [2.05, 4.69) is 0 Å². The molecular weight excluding hydrogens is 155 g/mol. The van der Waals surface area contributed by atoms with Crippen molar-refractivity contribution in [2.24, 2.45) is 5.92 Å². The minimum absolute atomic E-state index is 0.234. The van der Waals surface area contributed by atoms with Crippen molar-refractivity contribution in [1.82, 2.24) is 0 Å². The van der Waals surface area contributed by atoms with Gasteiger partial charge in [-0.2, -0.15) is 4.57 Å². The number of anilines is 1. The molecule has 2 N–H and O–H groups in total. The highest BCUT2D eigenvalue weighted by atomic mass is 19.1. The molecule has 1 aliphatic carbocycles. The van der Waals surface area contributed by atoms with Crippen LogP contribution in [0.15, 0.2) is 18.3 Å². The van der Waals surface area contributed by atoms with Gasteiger partial charge in [-0.25, -0.2) is 0 Å². The highest BCUT2D eigenvalue weighted by Crippen LogP contribution is 2.28. The second kappa shape index (κ2) is 2.73. The Morgan fingerprint density at radius 3 is 2.92 bits per heavy atom. The van der Waals surface area contributed by atoms with Gasteiger partial charge in [-0.1, -0.05) is 0 Å². The third kappa shape index (κ3) is 1.55. The minimum Gasteiger partial charge on any atom is -0.398 e. The average molecular weight is 167 g/mol. The van der Waals surface area contributed by atoms with Gasteiger partial charge in [0.15, 0.2) is 12.7 Å². The lowest BCUT2D eigenvalue weighted by molar-refractivity contribution is -0.726. The van der Waals surface area contributed by atoms with E-state index in [1.54, 1.807) is 16.8 Å². The van der Waals surface area contributed by atoms with Crippen LogP contribution in [0, 0.1) is 11.9 Å². The number of rotatable bonds is 2. The summed E-state index contributed by atoms with van der Waals surface area (Å²) in [7, 11) is 0. The molecule has 0 saturated heterocycles. The molecule has 1 heterocycles. The Labute approximate surface area is 70.8 Å². The predicted molar refractivity (Wildman–Crippen MR) is 43.7 cm³/mol. The summed E-state index contributed by atoms with van der Waals surface area (Å²) in [6.07, 6.45) is 4.18. The maximum Gasteiger partial charge on any atom is 0.361 e. The molecule has 0 bridgehead atoms. The Hall–Kier alpha value is -1.12. The highest BCUT2D eigenvalue weighted by molar-refractivity contribution is 5.32. The molecule has 1 aromatic rings. The Balaban J connectivity index is 2.18. The SMILES string of the molecule is Nc1cc[n+](CC2CC2)c(F)c1. The molecule has 1 saturated carbocycles. The van der Waals surface area contributed by atoms with Gasteiger partial charge in [-0.05, 0) is 12.8 Å². The van der Waals surface area contributed by atoms with E-state index in [1.807, 2.05) is 0 Å². The summed E-state index contributed by atoms with van der Waals surface area (Å²) in [5.41, 5.74) is 5.91. The van der Waals surface area contributed by atoms with E-state index >= 15 is 0 Å². The molecule has 0 aliphatic heterocycles. The van der Waals surface area contributed by atoms with Crippen LogP contribution >= 0.6 is 0 Å². The fourth-order valence-electron chi connectivity index (χ4n) is 1.24. The van der Waals surface area contributed by atoms with E-state index in [4.69, 9.17) is 5.73 Å². The van der Waals surface area contributed by atoms with Crippen molar-refractivity contribution in [2.45, 2.75) is 19.4 Å². The summed E-state index contributed by atoms with van der Waals surface area (Å²) in [5, 5.41) is 0. The molecule has 0 radical (unpaired) electrons. The zero-order valence-electron chi connectivity index (χ0n) is 6.83. The minimum atomic E-state index is -0.234. The van der Waals surface area contributed by atoms with Gasteiger partial charge in [0.05, 0.1) is 6.07 Å². The number of hydrogen-bond acceptors (Lipinski definition) is 1. The fraction of sp³-hybridized carbons (Fsp3) is 0.444. The van der Waals surface area contributed by atoms with Crippen LogP contribution in [0.3, 0.4) is 0 Å². The van der Waals surface area contributed by atoms with Crippen LogP contribution in [-0.4, -0.2) is 0 Å². The smallest absolute Gasteiger partial charge is 0.361 e. The van der Waals surface area contributed by atoms with E-state index in [1.165, 1.54) is 18.9 Å². The molecule has 0 amide bonds. The monoisotopic (exact) mass is 167 g/mol. The molecule has 3 heteroatoms. The summed E-state index contributed by atoms with van der Waals surface area (Å²) in [5.74, 6) is 0.454. The van der Waals surface area contributed by atoms with Crippen molar-refractivity contribution in [3.05, 3.63) is 24.3 Å². The molecular formula is C9H12FN2+. The molecule has 1 fully saturated rings. The van der Waals surface area contributed by atoms with Gasteiger partial charge in [0.25, 0.3) is 0 Å². The molecule has 2 rings (SSSR count). The number of pyridine rings is 1. The van der Waals surface area contributed by atoms with Crippen LogP contribution in [-0.2, 0) is 6.54 Å². The lowest BCUT2D eigenvalue weighted by atomic mass is 10.3. The first-order valence-electron chi connectivity index (χ1n) is 4.20. The van der Waals surface area contributed by atoms with Crippen LogP contribution in [0.1, 0.15) is 12.8 Å².